The maximum atomic E-state index is 6.47. The van der Waals surface area contributed by atoms with E-state index in [0.717, 1.165) is 44.9 Å². The van der Waals surface area contributed by atoms with Gasteiger partial charge in [-0.1, -0.05) is 54.3 Å². The highest BCUT2D eigenvalue weighted by molar-refractivity contribution is 6.39. The fourth-order valence-corrected chi connectivity index (χ4v) is 5.00. The number of fused-ring (bicyclic) bond motifs is 1. The average Bonchev–Trinajstić information content (AvgIpc) is 3.49. The molecule has 5 rings (SSSR count). The number of aromatic nitrogens is 3. The molecule has 37 heavy (non-hydrogen) atoms. The zero-order chi connectivity index (χ0) is 26.1. The van der Waals surface area contributed by atoms with E-state index in [1.165, 1.54) is 0 Å². The van der Waals surface area contributed by atoms with E-state index in [4.69, 9.17) is 37.1 Å². The molecule has 0 saturated heterocycles. The van der Waals surface area contributed by atoms with Crippen molar-refractivity contribution in [3.63, 3.8) is 0 Å². The molecular weight excluding hydrogens is 511 g/mol. The number of ether oxygens (including phenoxy) is 1. The lowest BCUT2D eigenvalue weighted by Gasteiger charge is -2.22. The summed E-state index contributed by atoms with van der Waals surface area (Å²) in [6.45, 7) is 7.15. The van der Waals surface area contributed by atoms with Crippen LogP contribution in [0.2, 0.25) is 10.0 Å². The van der Waals surface area contributed by atoms with Crippen LogP contribution in [0.5, 0.6) is 5.75 Å². The van der Waals surface area contributed by atoms with E-state index in [9.17, 15) is 0 Å². The van der Waals surface area contributed by atoms with E-state index in [1.54, 1.807) is 18.2 Å². The maximum absolute atomic E-state index is 6.47. The minimum absolute atomic E-state index is 0.117. The van der Waals surface area contributed by atoms with Crippen LogP contribution in [0.15, 0.2) is 63.7 Å². The van der Waals surface area contributed by atoms with Gasteiger partial charge in [0.15, 0.2) is 0 Å². The van der Waals surface area contributed by atoms with E-state index in [-0.39, 0.29) is 12.5 Å². The summed E-state index contributed by atoms with van der Waals surface area (Å²) in [6.07, 6.45) is 0. The zero-order valence-electron chi connectivity index (χ0n) is 21.0. The van der Waals surface area contributed by atoms with E-state index in [1.807, 2.05) is 44.2 Å². The van der Waals surface area contributed by atoms with Gasteiger partial charge < -0.3 is 14.2 Å². The maximum Gasteiger partial charge on any atom is 0.146 e. The number of benzene rings is 3. The second-order valence-corrected chi connectivity index (χ2v) is 10.1. The van der Waals surface area contributed by atoms with Crippen molar-refractivity contribution in [3.05, 3.63) is 87.1 Å². The molecule has 0 fully saturated rings. The Morgan fingerprint density at radius 3 is 2.43 bits per heavy atom. The predicted molar refractivity (Wildman–Crippen MR) is 145 cm³/mol. The Labute approximate surface area is 224 Å². The molecule has 190 valence electrons. The number of hydrogen-bond donors (Lipinski definition) is 0. The van der Waals surface area contributed by atoms with Gasteiger partial charge in [-0.05, 0) is 70.8 Å². The summed E-state index contributed by atoms with van der Waals surface area (Å²) in [5.74, 6) is 1.61. The highest BCUT2D eigenvalue weighted by atomic mass is 35.5. The van der Waals surface area contributed by atoms with Crippen LogP contribution >= 0.6 is 23.2 Å². The fraction of sp³-hybridized carbons (Fsp3) is 0.250. The van der Waals surface area contributed by atoms with Gasteiger partial charge >= 0.3 is 0 Å². The smallest absolute Gasteiger partial charge is 0.146 e. The van der Waals surface area contributed by atoms with Crippen molar-refractivity contribution < 1.29 is 13.9 Å². The van der Waals surface area contributed by atoms with Crippen molar-refractivity contribution >= 4 is 39.9 Å². The minimum atomic E-state index is 0.117. The number of anilines is 1. The topological polar surface area (TPSA) is 77.4 Å². The summed E-state index contributed by atoms with van der Waals surface area (Å²) in [5, 5.41) is 13.1. The van der Waals surface area contributed by atoms with Crippen LogP contribution < -0.4 is 9.64 Å². The van der Waals surface area contributed by atoms with Crippen LogP contribution in [0, 0.1) is 6.92 Å². The number of aryl methyl sites for hydroxylation is 1. The van der Waals surface area contributed by atoms with Crippen molar-refractivity contribution in [2.24, 2.45) is 0 Å². The summed E-state index contributed by atoms with van der Waals surface area (Å²) in [5.41, 5.74) is 6.89. The monoisotopic (exact) mass is 536 g/mol. The summed E-state index contributed by atoms with van der Waals surface area (Å²) in [7, 11) is 2.06. The number of hydrogen-bond acceptors (Lipinski definition) is 7. The van der Waals surface area contributed by atoms with Crippen LogP contribution in [0.25, 0.3) is 22.3 Å². The van der Waals surface area contributed by atoms with Crippen LogP contribution in [0.1, 0.15) is 42.2 Å². The summed E-state index contributed by atoms with van der Waals surface area (Å²) in [6, 6.07) is 17.4. The number of halogens is 2. The molecule has 0 atom stereocenters. The van der Waals surface area contributed by atoms with Gasteiger partial charge in [0.05, 0.1) is 15.6 Å². The van der Waals surface area contributed by atoms with Gasteiger partial charge in [-0.15, -0.1) is 0 Å². The zero-order valence-corrected chi connectivity index (χ0v) is 22.5. The highest BCUT2D eigenvalue weighted by Gasteiger charge is 2.24. The second-order valence-electron chi connectivity index (χ2n) is 9.31. The van der Waals surface area contributed by atoms with E-state index < -0.39 is 0 Å². The number of nitrogens with zero attached hydrogens (tertiary/aromatic N) is 4. The van der Waals surface area contributed by atoms with Gasteiger partial charge in [0.25, 0.3) is 0 Å². The third-order valence-electron chi connectivity index (χ3n) is 6.24. The molecule has 0 aliphatic carbocycles. The first-order chi connectivity index (χ1) is 17.8. The first-order valence-electron chi connectivity index (χ1n) is 11.9. The lowest BCUT2D eigenvalue weighted by Crippen LogP contribution is -2.17. The van der Waals surface area contributed by atoms with Gasteiger partial charge in [-0.2, -0.15) is 0 Å². The molecule has 0 amide bonds. The molecule has 0 radical (unpaired) electrons. The SMILES string of the molecule is Cc1cc(OCc2c(-c3c(Cl)cccc3Cl)noc2C(C)C)ccc1N(C)Cc1ccc2nonc2c1. The van der Waals surface area contributed by atoms with Crippen LogP contribution in [0.4, 0.5) is 5.69 Å². The molecule has 0 saturated carbocycles. The molecule has 2 heterocycles. The van der Waals surface area contributed by atoms with Crippen LogP contribution in [-0.2, 0) is 13.2 Å². The first-order valence-corrected chi connectivity index (χ1v) is 12.7. The first kappa shape index (κ1) is 25.1. The van der Waals surface area contributed by atoms with Gasteiger partial charge in [0.1, 0.15) is 34.8 Å². The molecular formula is C28H26Cl2N4O3. The lowest BCUT2D eigenvalue weighted by molar-refractivity contribution is 0.298. The van der Waals surface area contributed by atoms with Crippen molar-refractivity contribution in [2.75, 3.05) is 11.9 Å². The van der Waals surface area contributed by atoms with Gasteiger partial charge in [0, 0.05) is 30.8 Å². The largest absolute Gasteiger partial charge is 0.489 e. The Balaban J connectivity index is 1.35. The standard InChI is InChI=1S/C28H26Cl2N4O3/c1-16(2)28-20(27(33-36-28)26-21(29)6-5-7-22(26)30)15-35-19-9-11-25(17(3)12-19)34(4)14-18-8-10-23-24(13-18)32-37-31-23/h5-13,16H,14-15H2,1-4H3. The molecule has 0 spiro atoms. The summed E-state index contributed by atoms with van der Waals surface area (Å²) < 4.78 is 16.7. The second kappa shape index (κ2) is 10.4. The molecule has 0 unspecified atom stereocenters. The summed E-state index contributed by atoms with van der Waals surface area (Å²) in [4.78, 5) is 2.18. The van der Waals surface area contributed by atoms with E-state index in [2.05, 4.69) is 40.4 Å². The molecule has 9 heteroatoms. The Kier molecular flexibility index (Phi) is 7.09. The molecule has 0 aliphatic rings. The van der Waals surface area contributed by atoms with Crippen molar-refractivity contribution in [1.82, 2.24) is 15.5 Å². The van der Waals surface area contributed by atoms with E-state index >= 15 is 0 Å². The van der Waals surface area contributed by atoms with E-state index in [0.29, 0.717) is 27.8 Å². The molecule has 3 aromatic carbocycles. The molecule has 5 aromatic rings. The molecule has 0 bridgehead atoms. The Morgan fingerprint density at radius 2 is 1.70 bits per heavy atom. The van der Waals surface area contributed by atoms with Crippen molar-refractivity contribution in [1.29, 1.82) is 0 Å². The Morgan fingerprint density at radius 1 is 0.946 bits per heavy atom. The molecule has 7 nitrogen and oxygen atoms in total. The van der Waals surface area contributed by atoms with Crippen LogP contribution in [0.3, 0.4) is 0 Å². The molecule has 0 aliphatic heterocycles. The highest BCUT2D eigenvalue weighted by Crippen LogP contribution is 2.39. The Hall–Kier alpha value is -3.55. The average molecular weight is 537 g/mol. The third-order valence-corrected chi connectivity index (χ3v) is 6.87. The fourth-order valence-electron chi connectivity index (χ4n) is 4.42. The summed E-state index contributed by atoms with van der Waals surface area (Å²) >= 11 is 12.9. The van der Waals surface area contributed by atoms with Gasteiger partial charge in [-0.25, -0.2) is 4.63 Å². The normalized spacial score (nSPS) is 11.4. The van der Waals surface area contributed by atoms with Gasteiger partial charge in [0.2, 0.25) is 0 Å². The quantitative estimate of drug-likeness (QED) is 0.200. The number of rotatable bonds is 8. The van der Waals surface area contributed by atoms with Crippen molar-refractivity contribution in [3.8, 4) is 17.0 Å². The molecule has 2 aromatic heterocycles. The lowest BCUT2D eigenvalue weighted by atomic mass is 10.0. The van der Waals surface area contributed by atoms with Crippen molar-refractivity contribution in [2.45, 2.75) is 39.8 Å². The Bertz CT molecular complexity index is 1540. The third kappa shape index (κ3) is 5.15. The van der Waals surface area contributed by atoms with Gasteiger partial charge in [-0.3, -0.25) is 0 Å². The minimum Gasteiger partial charge on any atom is -0.489 e. The molecule has 0 N–H and O–H groups in total. The predicted octanol–water partition coefficient (Wildman–Crippen LogP) is 7.83. The van der Waals surface area contributed by atoms with Crippen LogP contribution in [-0.4, -0.2) is 22.5 Å².